The molecular weight excluding hydrogens is 270 g/mol. The van der Waals surface area contributed by atoms with E-state index in [1.165, 1.54) is 0 Å². The maximum atomic E-state index is 12.1. The Labute approximate surface area is 123 Å². The largest absolute Gasteiger partial charge is 0.449 e. The molecule has 1 aromatic heterocycles. The lowest BCUT2D eigenvalue weighted by atomic mass is 10.1. The maximum Gasteiger partial charge on any atom is 0.375 e. The van der Waals surface area contributed by atoms with Crippen LogP contribution in [0.2, 0.25) is 0 Å². The molecule has 21 heavy (non-hydrogen) atoms. The van der Waals surface area contributed by atoms with E-state index in [0.29, 0.717) is 12.1 Å². The van der Waals surface area contributed by atoms with Gasteiger partial charge in [0.25, 0.3) is 5.91 Å². The molecule has 112 valence electrons. The molecule has 1 aromatic carbocycles. The van der Waals surface area contributed by atoms with Crippen LogP contribution in [0.15, 0.2) is 28.7 Å². The number of benzene rings is 1. The van der Waals surface area contributed by atoms with E-state index in [1.54, 1.807) is 19.9 Å². The molecule has 0 spiro atoms. The van der Waals surface area contributed by atoms with Gasteiger partial charge in [0.2, 0.25) is 5.76 Å². The molecule has 0 unspecified atom stereocenters. The molecular formula is C16H19NO4. The fraction of sp³-hybridized carbons (Fsp3) is 0.375. The van der Waals surface area contributed by atoms with Crippen molar-refractivity contribution in [3.05, 3.63) is 35.6 Å². The van der Waals surface area contributed by atoms with Gasteiger partial charge in [-0.05, 0) is 26.3 Å². The average molecular weight is 289 g/mol. The number of furan rings is 1. The first-order chi connectivity index (χ1) is 10.0. The van der Waals surface area contributed by atoms with Crippen molar-refractivity contribution in [1.82, 2.24) is 5.32 Å². The number of nitrogens with one attached hydrogen (secondary N) is 1. The van der Waals surface area contributed by atoms with Crippen molar-refractivity contribution in [3.8, 4) is 0 Å². The number of carbonyl (C=O) groups is 2. The SMILES string of the molecule is CCCNC(=O)[C@H](C)OC(=O)c1oc2ccccc2c1C. The van der Waals surface area contributed by atoms with Crippen LogP contribution in [0.25, 0.3) is 11.0 Å². The zero-order chi connectivity index (χ0) is 15.4. The molecule has 1 atom stereocenters. The molecule has 0 saturated heterocycles. The Bertz CT molecular complexity index is 659. The summed E-state index contributed by atoms with van der Waals surface area (Å²) in [6.07, 6.45) is -0.0219. The van der Waals surface area contributed by atoms with Gasteiger partial charge in [0.1, 0.15) is 5.58 Å². The van der Waals surface area contributed by atoms with E-state index in [9.17, 15) is 9.59 Å². The third-order valence-electron chi connectivity index (χ3n) is 3.23. The number of esters is 1. The molecule has 1 heterocycles. The average Bonchev–Trinajstić information content (AvgIpc) is 2.82. The highest BCUT2D eigenvalue weighted by Crippen LogP contribution is 2.25. The summed E-state index contributed by atoms with van der Waals surface area (Å²) < 4.78 is 10.7. The van der Waals surface area contributed by atoms with E-state index < -0.39 is 12.1 Å². The van der Waals surface area contributed by atoms with Crippen LogP contribution in [0.4, 0.5) is 0 Å². The first kappa shape index (κ1) is 15.1. The Hall–Kier alpha value is -2.30. The predicted molar refractivity (Wildman–Crippen MR) is 79.1 cm³/mol. The Balaban J connectivity index is 2.12. The van der Waals surface area contributed by atoms with E-state index in [2.05, 4.69) is 5.32 Å². The Morgan fingerprint density at radius 3 is 2.71 bits per heavy atom. The number of para-hydroxylation sites is 1. The molecule has 0 saturated carbocycles. The molecule has 5 nitrogen and oxygen atoms in total. The number of amides is 1. The van der Waals surface area contributed by atoms with E-state index in [0.717, 1.165) is 17.4 Å². The molecule has 2 aromatic rings. The van der Waals surface area contributed by atoms with E-state index in [4.69, 9.17) is 9.15 Å². The Morgan fingerprint density at radius 1 is 1.33 bits per heavy atom. The summed E-state index contributed by atoms with van der Waals surface area (Å²) in [4.78, 5) is 23.8. The van der Waals surface area contributed by atoms with E-state index in [1.807, 2.05) is 25.1 Å². The van der Waals surface area contributed by atoms with Crippen LogP contribution in [0, 0.1) is 6.92 Å². The zero-order valence-electron chi connectivity index (χ0n) is 12.4. The van der Waals surface area contributed by atoms with Crippen LogP contribution < -0.4 is 5.32 Å². The summed E-state index contributed by atoms with van der Waals surface area (Å²) >= 11 is 0. The standard InChI is InChI=1S/C16H19NO4/c1-4-9-17-15(18)11(3)20-16(19)14-10(2)12-7-5-6-8-13(12)21-14/h5-8,11H,4,9H2,1-3H3,(H,17,18)/t11-/m0/s1. The highest BCUT2D eigenvalue weighted by Gasteiger charge is 2.23. The Morgan fingerprint density at radius 2 is 2.05 bits per heavy atom. The first-order valence-electron chi connectivity index (χ1n) is 7.01. The van der Waals surface area contributed by atoms with E-state index >= 15 is 0 Å². The van der Waals surface area contributed by atoms with Crippen LogP contribution in [-0.2, 0) is 9.53 Å². The summed E-state index contributed by atoms with van der Waals surface area (Å²) in [6.45, 7) is 5.85. The molecule has 0 aliphatic heterocycles. The molecule has 0 radical (unpaired) electrons. The normalized spacial score (nSPS) is 12.1. The van der Waals surface area contributed by atoms with Crippen LogP contribution in [-0.4, -0.2) is 24.5 Å². The summed E-state index contributed by atoms with van der Waals surface area (Å²) in [7, 11) is 0. The van der Waals surface area contributed by atoms with Crippen molar-refractivity contribution in [3.63, 3.8) is 0 Å². The number of hydrogen-bond donors (Lipinski definition) is 1. The number of aryl methyl sites for hydroxylation is 1. The number of fused-ring (bicyclic) bond motifs is 1. The fourth-order valence-corrected chi connectivity index (χ4v) is 2.03. The highest BCUT2D eigenvalue weighted by molar-refractivity contribution is 5.97. The van der Waals surface area contributed by atoms with Crippen LogP contribution in [0.1, 0.15) is 36.4 Å². The van der Waals surface area contributed by atoms with Gasteiger partial charge >= 0.3 is 5.97 Å². The Kier molecular flexibility index (Phi) is 4.62. The van der Waals surface area contributed by atoms with Crippen molar-refractivity contribution < 1.29 is 18.7 Å². The minimum atomic E-state index is -0.850. The smallest absolute Gasteiger partial charge is 0.375 e. The summed E-state index contributed by atoms with van der Waals surface area (Å²) in [5, 5.41) is 3.55. The monoisotopic (exact) mass is 289 g/mol. The second kappa shape index (κ2) is 6.43. The number of ether oxygens (including phenoxy) is 1. The molecule has 0 bridgehead atoms. The van der Waals surface area contributed by atoms with Crippen molar-refractivity contribution in [2.45, 2.75) is 33.3 Å². The predicted octanol–water partition coefficient (Wildman–Crippen LogP) is 2.81. The van der Waals surface area contributed by atoms with Gasteiger partial charge in [-0.2, -0.15) is 0 Å². The van der Waals surface area contributed by atoms with Crippen molar-refractivity contribution in [1.29, 1.82) is 0 Å². The van der Waals surface area contributed by atoms with Gasteiger partial charge in [-0.3, -0.25) is 4.79 Å². The number of hydrogen-bond acceptors (Lipinski definition) is 4. The van der Waals surface area contributed by atoms with Crippen molar-refractivity contribution in [2.24, 2.45) is 0 Å². The van der Waals surface area contributed by atoms with Crippen LogP contribution in [0.3, 0.4) is 0 Å². The summed E-state index contributed by atoms with van der Waals surface area (Å²) in [6, 6.07) is 7.38. The molecule has 5 heteroatoms. The highest BCUT2D eigenvalue weighted by atomic mass is 16.6. The topological polar surface area (TPSA) is 68.5 Å². The van der Waals surface area contributed by atoms with Gasteiger partial charge in [-0.1, -0.05) is 25.1 Å². The van der Waals surface area contributed by atoms with Gasteiger partial charge in [0, 0.05) is 17.5 Å². The summed E-state index contributed by atoms with van der Waals surface area (Å²) in [5.74, 6) is -0.784. The van der Waals surface area contributed by atoms with Crippen LogP contribution >= 0.6 is 0 Å². The second-order valence-electron chi connectivity index (χ2n) is 4.89. The lowest BCUT2D eigenvalue weighted by Gasteiger charge is -2.12. The molecule has 0 aliphatic carbocycles. The molecule has 0 aliphatic rings. The van der Waals surface area contributed by atoms with Gasteiger partial charge in [-0.25, -0.2) is 4.79 Å². The number of rotatable bonds is 5. The lowest BCUT2D eigenvalue weighted by Crippen LogP contribution is -2.36. The zero-order valence-corrected chi connectivity index (χ0v) is 12.4. The van der Waals surface area contributed by atoms with Crippen molar-refractivity contribution in [2.75, 3.05) is 6.54 Å². The molecule has 1 N–H and O–H groups in total. The minimum absolute atomic E-state index is 0.145. The maximum absolute atomic E-state index is 12.1. The molecule has 1 amide bonds. The fourth-order valence-electron chi connectivity index (χ4n) is 2.03. The first-order valence-corrected chi connectivity index (χ1v) is 7.01. The summed E-state index contributed by atoms with van der Waals surface area (Å²) in [5.41, 5.74) is 1.35. The molecule has 2 rings (SSSR count). The number of carbonyl (C=O) groups excluding carboxylic acids is 2. The van der Waals surface area contributed by atoms with Gasteiger partial charge in [0.15, 0.2) is 6.10 Å². The second-order valence-corrected chi connectivity index (χ2v) is 4.89. The van der Waals surface area contributed by atoms with Gasteiger partial charge in [0.05, 0.1) is 0 Å². The van der Waals surface area contributed by atoms with Gasteiger partial charge < -0.3 is 14.5 Å². The quantitative estimate of drug-likeness (QED) is 0.859. The lowest BCUT2D eigenvalue weighted by molar-refractivity contribution is -0.129. The van der Waals surface area contributed by atoms with Gasteiger partial charge in [-0.15, -0.1) is 0 Å². The van der Waals surface area contributed by atoms with Crippen LogP contribution in [0.5, 0.6) is 0 Å². The third-order valence-corrected chi connectivity index (χ3v) is 3.23. The van der Waals surface area contributed by atoms with E-state index in [-0.39, 0.29) is 11.7 Å². The minimum Gasteiger partial charge on any atom is -0.449 e. The third kappa shape index (κ3) is 3.24. The van der Waals surface area contributed by atoms with Crippen molar-refractivity contribution >= 4 is 22.8 Å². The molecule has 0 fully saturated rings.